The van der Waals surface area contributed by atoms with E-state index in [9.17, 15) is 9.59 Å². The number of para-hydroxylation sites is 1. The van der Waals surface area contributed by atoms with E-state index in [4.69, 9.17) is 9.15 Å². The van der Waals surface area contributed by atoms with Crippen LogP contribution in [-0.4, -0.2) is 17.5 Å². The van der Waals surface area contributed by atoms with Crippen molar-refractivity contribution in [1.82, 2.24) is 4.98 Å². The van der Waals surface area contributed by atoms with Gasteiger partial charge in [-0.1, -0.05) is 37.6 Å². The highest BCUT2D eigenvalue weighted by Gasteiger charge is 2.44. The van der Waals surface area contributed by atoms with E-state index in [1.807, 2.05) is 43.3 Å². The third-order valence-electron chi connectivity index (χ3n) is 5.87. The molecule has 0 saturated carbocycles. The summed E-state index contributed by atoms with van der Waals surface area (Å²) in [7, 11) is 0. The van der Waals surface area contributed by atoms with E-state index in [1.54, 1.807) is 35.4 Å². The maximum atomic E-state index is 13.6. The molecule has 0 N–H and O–H groups in total. The number of hydrogen-bond donors (Lipinski definition) is 0. The normalized spacial score (nSPS) is 15.2. The molecule has 0 saturated heterocycles. The van der Waals surface area contributed by atoms with Gasteiger partial charge in [-0.25, -0.2) is 4.98 Å². The van der Waals surface area contributed by atoms with Gasteiger partial charge in [0.1, 0.15) is 17.2 Å². The van der Waals surface area contributed by atoms with Crippen molar-refractivity contribution in [2.24, 2.45) is 0 Å². The smallest absolute Gasteiger partial charge is 0.296 e. The van der Waals surface area contributed by atoms with Crippen LogP contribution >= 0.6 is 0 Å². The number of unbranched alkanes of at least 4 members (excludes halogenated alkanes) is 1. The molecule has 3 heterocycles. The number of aromatic nitrogens is 1. The van der Waals surface area contributed by atoms with Gasteiger partial charge in [-0.3, -0.25) is 14.5 Å². The Morgan fingerprint density at radius 2 is 1.91 bits per heavy atom. The van der Waals surface area contributed by atoms with Crippen molar-refractivity contribution in [2.75, 3.05) is 11.5 Å². The highest BCUT2D eigenvalue weighted by atomic mass is 16.5. The zero-order valence-corrected chi connectivity index (χ0v) is 18.6. The molecule has 1 aliphatic heterocycles. The van der Waals surface area contributed by atoms with Crippen LogP contribution in [-0.2, 0) is 0 Å². The van der Waals surface area contributed by atoms with Crippen molar-refractivity contribution in [3.63, 3.8) is 0 Å². The zero-order valence-electron chi connectivity index (χ0n) is 18.6. The second-order valence-corrected chi connectivity index (χ2v) is 8.21. The minimum Gasteiger partial charge on any atom is -0.494 e. The largest absolute Gasteiger partial charge is 0.494 e. The maximum Gasteiger partial charge on any atom is 0.296 e. The summed E-state index contributed by atoms with van der Waals surface area (Å²) in [6, 6.07) is 17.6. The Bertz CT molecular complexity index is 1410. The summed E-state index contributed by atoms with van der Waals surface area (Å²) in [5.74, 6) is 0.846. The van der Waals surface area contributed by atoms with E-state index >= 15 is 0 Å². The summed E-state index contributed by atoms with van der Waals surface area (Å²) in [6.45, 7) is 4.65. The number of benzene rings is 2. The molecule has 0 aliphatic carbocycles. The SMILES string of the molecule is CCCCOc1cccc([C@@H]2c3c(oc4ccccc4c3=O)C(=O)N2c2cc(C)ccn2)c1. The second-order valence-electron chi connectivity index (χ2n) is 8.21. The number of hydrogen-bond acceptors (Lipinski definition) is 5. The number of rotatable bonds is 6. The van der Waals surface area contributed by atoms with E-state index in [0.717, 1.165) is 24.0 Å². The first-order valence-corrected chi connectivity index (χ1v) is 11.1. The average Bonchev–Trinajstić information content (AvgIpc) is 3.12. The fourth-order valence-corrected chi connectivity index (χ4v) is 4.23. The molecular formula is C27H24N2O4. The first-order valence-electron chi connectivity index (χ1n) is 11.1. The van der Waals surface area contributed by atoms with Crippen LogP contribution in [0.25, 0.3) is 11.0 Å². The van der Waals surface area contributed by atoms with Gasteiger partial charge in [-0.05, 0) is 60.9 Å². The molecule has 1 atom stereocenters. The van der Waals surface area contributed by atoms with E-state index in [2.05, 4.69) is 11.9 Å². The Hall–Kier alpha value is -3.93. The van der Waals surface area contributed by atoms with Crippen LogP contribution in [0.4, 0.5) is 5.82 Å². The van der Waals surface area contributed by atoms with Crippen LogP contribution in [0.1, 0.15) is 53.1 Å². The van der Waals surface area contributed by atoms with Crippen molar-refractivity contribution in [2.45, 2.75) is 32.7 Å². The van der Waals surface area contributed by atoms with Gasteiger partial charge >= 0.3 is 0 Å². The van der Waals surface area contributed by atoms with E-state index in [1.165, 1.54) is 0 Å². The van der Waals surface area contributed by atoms with Gasteiger partial charge in [-0.15, -0.1) is 0 Å². The molecule has 0 radical (unpaired) electrons. The van der Waals surface area contributed by atoms with Crippen LogP contribution < -0.4 is 15.1 Å². The summed E-state index contributed by atoms with van der Waals surface area (Å²) >= 11 is 0. The highest BCUT2D eigenvalue weighted by Crippen LogP contribution is 2.41. The first kappa shape index (κ1) is 20.9. The molecule has 6 nitrogen and oxygen atoms in total. The molecule has 0 unspecified atom stereocenters. The molecule has 4 aromatic rings. The third-order valence-corrected chi connectivity index (χ3v) is 5.87. The Labute approximate surface area is 191 Å². The summed E-state index contributed by atoms with van der Waals surface area (Å²) in [5.41, 5.74) is 2.24. The molecule has 5 rings (SSSR count). The standard InChI is InChI=1S/C27H24N2O4/c1-3-4-14-32-19-9-7-8-18(16-19)24-23-25(30)20-10-5-6-11-21(20)33-26(23)27(31)29(24)22-15-17(2)12-13-28-22/h5-13,15-16,24H,3-4,14H2,1-2H3/t24-/m1/s1. The topological polar surface area (TPSA) is 72.6 Å². The predicted molar refractivity (Wildman–Crippen MR) is 127 cm³/mol. The molecule has 2 aromatic carbocycles. The number of ether oxygens (including phenoxy) is 1. The zero-order chi connectivity index (χ0) is 22.9. The summed E-state index contributed by atoms with van der Waals surface area (Å²) in [6.07, 6.45) is 3.64. The molecule has 0 fully saturated rings. The Balaban J connectivity index is 1.71. The minimum atomic E-state index is -0.669. The fraction of sp³-hybridized carbons (Fsp3) is 0.222. The number of aryl methyl sites for hydroxylation is 1. The molecule has 2 aromatic heterocycles. The van der Waals surface area contributed by atoms with Crippen LogP contribution in [0.5, 0.6) is 5.75 Å². The number of amides is 1. The lowest BCUT2D eigenvalue weighted by atomic mass is 9.98. The lowest BCUT2D eigenvalue weighted by Crippen LogP contribution is -2.30. The average molecular weight is 440 g/mol. The molecule has 33 heavy (non-hydrogen) atoms. The lowest BCUT2D eigenvalue weighted by Gasteiger charge is -2.24. The van der Waals surface area contributed by atoms with Crippen LogP contribution in [0, 0.1) is 6.92 Å². The van der Waals surface area contributed by atoms with Crippen molar-refractivity contribution < 1.29 is 13.9 Å². The van der Waals surface area contributed by atoms with Crippen LogP contribution in [0.2, 0.25) is 0 Å². The number of carbonyl (C=O) groups excluding carboxylic acids is 1. The van der Waals surface area contributed by atoms with Gasteiger partial charge in [0.25, 0.3) is 5.91 Å². The summed E-state index contributed by atoms with van der Waals surface area (Å²) < 4.78 is 11.9. The number of carbonyl (C=O) groups is 1. The summed E-state index contributed by atoms with van der Waals surface area (Å²) in [4.78, 5) is 33.2. The van der Waals surface area contributed by atoms with Gasteiger partial charge in [0.05, 0.1) is 23.6 Å². The molecule has 6 heteroatoms. The van der Waals surface area contributed by atoms with Gasteiger partial charge in [0, 0.05) is 6.20 Å². The molecule has 0 spiro atoms. The monoisotopic (exact) mass is 440 g/mol. The fourth-order valence-electron chi connectivity index (χ4n) is 4.23. The third kappa shape index (κ3) is 3.67. The van der Waals surface area contributed by atoms with Crippen molar-refractivity contribution in [1.29, 1.82) is 0 Å². The van der Waals surface area contributed by atoms with Gasteiger partial charge in [0.2, 0.25) is 5.76 Å². The highest BCUT2D eigenvalue weighted by molar-refractivity contribution is 6.10. The van der Waals surface area contributed by atoms with Crippen molar-refractivity contribution in [3.8, 4) is 5.75 Å². The number of pyridine rings is 1. The Morgan fingerprint density at radius 3 is 2.73 bits per heavy atom. The van der Waals surface area contributed by atoms with Crippen LogP contribution in [0.3, 0.4) is 0 Å². The predicted octanol–water partition coefficient (Wildman–Crippen LogP) is 5.43. The van der Waals surface area contributed by atoms with E-state index in [-0.39, 0.29) is 17.1 Å². The molecule has 1 aliphatic rings. The summed E-state index contributed by atoms with van der Waals surface area (Å²) in [5, 5.41) is 0.448. The number of nitrogens with zero attached hydrogens (tertiary/aromatic N) is 2. The molecule has 166 valence electrons. The lowest BCUT2D eigenvalue weighted by molar-refractivity contribution is 0.0970. The van der Waals surface area contributed by atoms with Crippen LogP contribution in [0.15, 0.2) is 76.1 Å². The Morgan fingerprint density at radius 1 is 1.06 bits per heavy atom. The second kappa shape index (κ2) is 8.54. The number of anilines is 1. The molecule has 1 amide bonds. The Kier molecular flexibility index (Phi) is 5.42. The van der Waals surface area contributed by atoms with Gasteiger partial charge in [-0.2, -0.15) is 0 Å². The quantitative estimate of drug-likeness (QED) is 0.374. The van der Waals surface area contributed by atoms with E-state index < -0.39 is 6.04 Å². The molecular weight excluding hydrogens is 416 g/mol. The molecule has 0 bridgehead atoms. The minimum absolute atomic E-state index is 0.0595. The van der Waals surface area contributed by atoms with E-state index in [0.29, 0.717) is 34.7 Å². The first-order chi connectivity index (χ1) is 16.1. The van der Waals surface area contributed by atoms with Crippen molar-refractivity contribution >= 4 is 22.7 Å². The van der Waals surface area contributed by atoms with Crippen molar-refractivity contribution in [3.05, 3.63) is 99.5 Å². The maximum absolute atomic E-state index is 13.6. The van der Waals surface area contributed by atoms with Gasteiger partial charge in [0.15, 0.2) is 5.43 Å². The van der Waals surface area contributed by atoms with Gasteiger partial charge < -0.3 is 9.15 Å². The number of fused-ring (bicyclic) bond motifs is 2.